The molecule has 2 aromatic heterocycles. The Morgan fingerprint density at radius 1 is 1.25 bits per heavy atom. The average molecular weight is 347 g/mol. The molecule has 0 atom stereocenters. The normalized spacial score (nSPS) is 18.3. The van der Waals surface area contributed by atoms with E-state index in [4.69, 9.17) is 10.7 Å². The molecule has 8 heteroatoms. The predicted octanol–water partition coefficient (Wildman–Crippen LogP) is 0.0910. The number of anilines is 1. The number of hydrogen-bond acceptors (Lipinski definition) is 6. The zero-order chi connectivity index (χ0) is 16.8. The number of nitrogens with two attached hydrogens (primary N) is 1. The molecule has 128 valence electrons. The Kier molecular flexibility index (Phi) is 3.80. The number of nitrogens with zero attached hydrogens (tertiary/aromatic N) is 4. The number of hydrogen-bond donors (Lipinski definition) is 1. The van der Waals surface area contributed by atoms with Crippen LogP contribution >= 0.6 is 11.3 Å². The van der Waals surface area contributed by atoms with Gasteiger partial charge in [0.2, 0.25) is 11.9 Å². The van der Waals surface area contributed by atoms with Crippen LogP contribution in [-0.2, 0) is 24.7 Å². The maximum atomic E-state index is 12.9. The fourth-order valence-corrected chi connectivity index (χ4v) is 4.97. The lowest BCUT2D eigenvalue weighted by atomic mass is 10.2. The molecule has 0 unspecified atom stereocenters. The lowest BCUT2D eigenvalue weighted by molar-refractivity contribution is -0.119. The fourth-order valence-electron chi connectivity index (χ4n) is 3.72. The van der Waals surface area contributed by atoms with E-state index in [2.05, 4.69) is 4.90 Å². The van der Waals surface area contributed by atoms with Gasteiger partial charge in [0.05, 0.1) is 11.9 Å². The molecular weight excluding hydrogens is 326 g/mol. The number of piperazine rings is 1. The topological polar surface area (TPSA) is 84.5 Å². The molecule has 1 aliphatic carbocycles. The van der Waals surface area contributed by atoms with Crippen molar-refractivity contribution in [3.8, 4) is 0 Å². The molecule has 2 aliphatic rings. The second-order valence-electron chi connectivity index (χ2n) is 6.54. The zero-order valence-corrected chi connectivity index (χ0v) is 14.6. The molecule has 1 amide bonds. The Hall–Kier alpha value is -1.93. The Morgan fingerprint density at radius 2 is 2.00 bits per heavy atom. The number of carbonyl (C=O) groups is 1. The summed E-state index contributed by atoms with van der Waals surface area (Å²) in [5.41, 5.74) is 6.55. The average Bonchev–Trinajstić information content (AvgIpc) is 3.11. The smallest absolute Gasteiger partial charge is 0.263 e. The predicted molar refractivity (Wildman–Crippen MR) is 94.7 cm³/mol. The van der Waals surface area contributed by atoms with Crippen LogP contribution in [0.1, 0.15) is 16.9 Å². The van der Waals surface area contributed by atoms with Crippen LogP contribution in [0.25, 0.3) is 10.2 Å². The van der Waals surface area contributed by atoms with Crippen LogP contribution in [0.3, 0.4) is 0 Å². The fraction of sp³-hybridized carbons (Fsp3) is 0.562. The van der Waals surface area contributed by atoms with E-state index < -0.39 is 0 Å². The number of amides is 1. The molecule has 0 aromatic carbocycles. The van der Waals surface area contributed by atoms with Gasteiger partial charge in [-0.05, 0) is 24.8 Å². The first-order valence-corrected chi connectivity index (χ1v) is 9.13. The highest BCUT2D eigenvalue weighted by Gasteiger charge is 2.25. The lowest BCUT2D eigenvalue weighted by Crippen LogP contribution is -2.50. The van der Waals surface area contributed by atoms with E-state index >= 15 is 0 Å². The first-order valence-electron chi connectivity index (χ1n) is 8.31. The molecule has 0 radical (unpaired) electrons. The third-order valence-corrected chi connectivity index (χ3v) is 6.14. The van der Waals surface area contributed by atoms with Gasteiger partial charge in [0, 0.05) is 38.1 Å². The SMILES string of the molecule is Cn1c(N2CCN(CC(N)=O)CC2)nc2sc3c(c2c1=O)CCC3. The van der Waals surface area contributed by atoms with Crippen molar-refractivity contribution in [3.05, 3.63) is 20.8 Å². The summed E-state index contributed by atoms with van der Waals surface area (Å²) < 4.78 is 1.68. The third-order valence-electron chi connectivity index (χ3n) is 4.96. The Morgan fingerprint density at radius 3 is 2.71 bits per heavy atom. The molecule has 2 aromatic rings. The summed E-state index contributed by atoms with van der Waals surface area (Å²) >= 11 is 1.67. The summed E-state index contributed by atoms with van der Waals surface area (Å²) in [5.74, 6) is 0.426. The van der Waals surface area contributed by atoms with Crippen molar-refractivity contribution < 1.29 is 4.79 Å². The lowest BCUT2D eigenvalue weighted by Gasteiger charge is -2.35. The number of primary amides is 1. The van der Waals surface area contributed by atoms with Gasteiger partial charge in [0.15, 0.2) is 0 Å². The molecule has 2 N–H and O–H groups in total. The molecule has 3 heterocycles. The molecular formula is C16H21N5O2S. The van der Waals surface area contributed by atoms with E-state index in [0.29, 0.717) is 0 Å². The molecule has 24 heavy (non-hydrogen) atoms. The standard InChI is InChI=1S/C16H21N5O2S/c1-19-15(23)13-10-3-2-4-11(10)24-14(13)18-16(19)21-7-5-20(6-8-21)9-12(17)22/h2-9H2,1H3,(H2,17,22). The van der Waals surface area contributed by atoms with E-state index in [-0.39, 0.29) is 18.0 Å². The monoisotopic (exact) mass is 347 g/mol. The molecule has 4 rings (SSSR count). The van der Waals surface area contributed by atoms with E-state index in [1.165, 1.54) is 10.4 Å². The molecule has 1 aliphatic heterocycles. The van der Waals surface area contributed by atoms with E-state index in [9.17, 15) is 9.59 Å². The second-order valence-corrected chi connectivity index (χ2v) is 7.63. The Balaban J connectivity index is 1.65. The summed E-state index contributed by atoms with van der Waals surface area (Å²) in [6.07, 6.45) is 3.21. The summed E-state index contributed by atoms with van der Waals surface area (Å²) in [6, 6.07) is 0. The number of thiophene rings is 1. The van der Waals surface area contributed by atoms with Crippen LogP contribution in [0.2, 0.25) is 0 Å². The number of aromatic nitrogens is 2. The largest absolute Gasteiger partial charge is 0.369 e. The second kappa shape index (κ2) is 5.86. The molecule has 0 saturated carbocycles. The van der Waals surface area contributed by atoms with Gasteiger partial charge in [-0.3, -0.25) is 19.1 Å². The van der Waals surface area contributed by atoms with Gasteiger partial charge < -0.3 is 10.6 Å². The minimum Gasteiger partial charge on any atom is -0.369 e. The summed E-state index contributed by atoms with van der Waals surface area (Å²) in [5, 5.41) is 0.825. The quantitative estimate of drug-likeness (QED) is 0.851. The van der Waals surface area contributed by atoms with Crippen LogP contribution in [-0.4, -0.2) is 53.1 Å². The Bertz CT molecular complexity index is 863. The highest BCUT2D eigenvalue weighted by Crippen LogP contribution is 2.35. The van der Waals surface area contributed by atoms with Crippen molar-refractivity contribution in [1.82, 2.24) is 14.5 Å². The van der Waals surface area contributed by atoms with Crippen molar-refractivity contribution in [1.29, 1.82) is 0 Å². The van der Waals surface area contributed by atoms with Crippen molar-refractivity contribution in [2.75, 3.05) is 37.6 Å². The molecule has 0 spiro atoms. The van der Waals surface area contributed by atoms with Gasteiger partial charge in [-0.15, -0.1) is 11.3 Å². The van der Waals surface area contributed by atoms with Gasteiger partial charge in [0.1, 0.15) is 4.83 Å². The first-order chi connectivity index (χ1) is 11.5. The van der Waals surface area contributed by atoms with Crippen LogP contribution in [0.4, 0.5) is 5.95 Å². The van der Waals surface area contributed by atoms with Crippen molar-refractivity contribution >= 4 is 33.4 Å². The minimum absolute atomic E-state index is 0.0639. The highest BCUT2D eigenvalue weighted by atomic mass is 32.1. The Labute approximate surface area is 143 Å². The molecule has 7 nitrogen and oxygen atoms in total. The molecule has 1 saturated heterocycles. The first kappa shape index (κ1) is 15.6. The maximum Gasteiger partial charge on any atom is 0.263 e. The number of rotatable bonds is 3. The van der Waals surface area contributed by atoms with Gasteiger partial charge in [-0.1, -0.05) is 0 Å². The number of fused-ring (bicyclic) bond motifs is 3. The van der Waals surface area contributed by atoms with Gasteiger partial charge in [0.25, 0.3) is 5.56 Å². The third kappa shape index (κ3) is 2.50. The van der Waals surface area contributed by atoms with Crippen LogP contribution in [0.15, 0.2) is 4.79 Å². The highest BCUT2D eigenvalue weighted by molar-refractivity contribution is 7.18. The zero-order valence-electron chi connectivity index (χ0n) is 13.7. The van der Waals surface area contributed by atoms with Crippen molar-refractivity contribution in [2.24, 2.45) is 12.8 Å². The van der Waals surface area contributed by atoms with Crippen molar-refractivity contribution in [3.63, 3.8) is 0 Å². The van der Waals surface area contributed by atoms with E-state index in [1.807, 2.05) is 4.90 Å². The van der Waals surface area contributed by atoms with Gasteiger partial charge in [-0.25, -0.2) is 4.98 Å². The van der Waals surface area contributed by atoms with E-state index in [1.54, 1.807) is 23.0 Å². The van der Waals surface area contributed by atoms with Crippen LogP contribution < -0.4 is 16.2 Å². The summed E-state index contributed by atoms with van der Waals surface area (Å²) in [6.45, 7) is 3.26. The van der Waals surface area contributed by atoms with Crippen molar-refractivity contribution in [2.45, 2.75) is 19.3 Å². The van der Waals surface area contributed by atoms with E-state index in [0.717, 1.165) is 61.6 Å². The molecule has 1 fully saturated rings. The summed E-state index contributed by atoms with van der Waals surface area (Å²) in [7, 11) is 1.80. The van der Waals surface area contributed by atoms with Crippen LogP contribution in [0, 0.1) is 0 Å². The summed E-state index contributed by atoms with van der Waals surface area (Å²) in [4.78, 5) is 35.1. The van der Waals surface area contributed by atoms with Gasteiger partial charge in [-0.2, -0.15) is 0 Å². The maximum absolute atomic E-state index is 12.9. The van der Waals surface area contributed by atoms with Crippen LogP contribution in [0.5, 0.6) is 0 Å². The number of carbonyl (C=O) groups excluding carboxylic acids is 1. The number of aryl methyl sites for hydroxylation is 2. The molecule has 0 bridgehead atoms. The van der Waals surface area contributed by atoms with Gasteiger partial charge >= 0.3 is 0 Å². The minimum atomic E-state index is -0.302.